The number of primary amides is 1. The van der Waals surface area contributed by atoms with Crippen molar-refractivity contribution in [2.45, 2.75) is 108 Å². The molecule has 1 fully saturated rings. The summed E-state index contributed by atoms with van der Waals surface area (Å²) in [5.41, 5.74) is 9.21. The highest BCUT2D eigenvalue weighted by Crippen LogP contribution is 2.42. The second kappa shape index (κ2) is 26.4. The van der Waals surface area contributed by atoms with Crippen LogP contribution in [0.4, 0.5) is 0 Å². The second-order valence-electron chi connectivity index (χ2n) is 22.2. The van der Waals surface area contributed by atoms with E-state index in [0.717, 1.165) is 56.7 Å². The van der Waals surface area contributed by atoms with Crippen LogP contribution in [0.25, 0.3) is 49.3 Å². The number of H-pyrrole nitrogens is 1. The van der Waals surface area contributed by atoms with Crippen LogP contribution >= 0.6 is 56.7 Å². The minimum Gasteiger partial charge on any atom is -0.506 e. The molecule has 11 heterocycles. The van der Waals surface area contributed by atoms with Crippen LogP contribution in [0.2, 0.25) is 0 Å². The highest BCUT2D eigenvalue weighted by atomic mass is 32.1. The number of carbonyl (C=O) groups is 9. The molecule has 0 unspecified atom stereocenters. The van der Waals surface area contributed by atoms with Gasteiger partial charge >= 0.3 is 23.8 Å². The predicted molar refractivity (Wildman–Crippen MR) is 336 cm³/mol. The smallest absolute Gasteiger partial charge is 0.355 e. The third kappa shape index (κ3) is 13.1. The minimum absolute atomic E-state index is 0.0138. The van der Waals surface area contributed by atoms with Crippen molar-refractivity contribution in [2.24, 2.45) is 11.5 Å². The molecule has 13 N–H and O–H groups in total. The molecule has 8 aromatic rings. The van der Waals surface area contributed by atoms with Crippen LogP contribution < -0.4 is 38.1 Å². The van der Waals surface area contributed by atoms with Gasteiger partial charge in [-0.1, -0.05) is 12.1 Å². The maximum Gasteiger partial charge on any atom is 0.355 e. The van der Waals surface area contributed by atoms with E-state index in [2.05, 4.69) is 41.2 Å². The number of aliphatic hydroxyl groups excluding tert-OH is 1. The van der Waals surface area contributed by atoms with Crippen molar-refractivity contribution in [3.8, 4) is 38.4 Å². The molecule has 12 bridgehead atoms. The van der Waals surface area contributed by atoms with Gasteiger partial charge in [0.15, 0.2) is 12.4 Å². The number of ether oxygens (including phenoxy) is 6. The zero-order chi connectivity index (χ0) is 67.5. The number of pyridine rings is 1. The molecule has 1 aromatic carbocycles. The van der Waals surface area contributed by atoms with E-state index in [0.29, 0.717) is 16.5 Å². The number of rotatable bonds is 6. The lowest BCUT2D eigenvalue weighted by atomic mass is 9.87. The fourth-order valence-corrected chi connectivity index (χ4v) is 14.8. The molecule has 4 aliphatic heterocycles. The number of aliphatic hydroxyl groups is 2. The number of methoxy groups -OCH3 is 1. The number of allylic oxidation sites excluding steroid dienone is 1. The van der Waals surface area contributed by atoms with Crippen molar-refractivity contribution in [3.63, 3.8) is 0 Å². The molecule has 37 heteroatoms. The number of nitrogens with two attached hydrogens (primary N) is 2. The standard InChI is InChI=1S/C58H54N14O18S5/c1-19(73)35-49(80)70-36(20(2)85-5)53-65-30(17-93-53)47(78)71-40-41-42(90-33-10-58(4,84)43(59)21(3)89-33)57(83)87-11-22-7-6-8-25-34(22)24(12-86-41)38(61-25)56(82)88-13-26(62-45(76)28-16-95-55(40)67-28)52-63-27(14-92-52)37-23(51-64-29(15-91-51)46(77)69-35)9-32(74)39(68-37)54-66-31(18-94-54)48(79)72-50(81)44(60)75/h6-9,14-19,21,26,33,35,40-43,61,73-74,84H,10-13,59H2,1-5H3,(H2,60,75)(H,62,76)(H,69,77)(H,70,80)(H,71,78)(H,72,79,81)/b36-20+/t19-,21+,26+,33+,35+,40+,41+,42+,43-,58+/m1/s1. The zero-order valence-electron chi connectivity index (χ0n) is 50.1. The van der Waals surface area contributed by atoms with Crippen LogP contribution in [0.3, 0.4) is 0 Å². The second-order valence-corrected chi connectivity index (χ2v) is 26.5. The minimum atomic E-state index is -1.88. The first kappa shape index (κ1) is 65.6. The number of thiazole rings is 5. The molecule has 12 rings (SSSR count). The van der Waals surface area contributed by atoms with E-state index in [1.165, 1.54) is 60.8 Å². The summed E-state index contributed by atoms with van der Waals surface area (Å²) in [5.74, 6) is -10.1. The number of benzene rings is 1. The number of amides is 7. The molecule has 7 aromatic heterocycles. The van der Waals surface area contributed by atoms with Gasteiger partial charge in [0.1, 0.15) is 125 Å². The SMILES string of the molecule is CO/C(C)=C1/NC(=O)[C@H]([C@@H](C)O)NC(=O)c2csc(n2)-c2cc(O)c(-c3nc(C(=O)NC(=O)C(N)=O)cs3)nc2-c2csc(n2)[C@@H]2COC(=O)c3[nH]c4cccc5c4c3CO[C@H]([C@H](O[C@H]3C[C@](C)(O)[C@H](N)[C@H](C)O3)C(=O)OC5)[C@H](NC(=O)c3csc1n3)c1nc(cs1)C(=O)N2. The Hall–Kier alpha value is -9.41. The molecule has 95 heavy (non-hydrogen) atoms. The lowest BCUT2D eigenvalue weighted by molar-refractivity contribution is -0.269. The molecule has 0 aliphatic carbocycles. The first-order chi connectivity index (χ1) is 45.3. The molecular weight excluding hydrogens is 1340 g/mol. The summed E-state index contributed by atoms with van der Waals surface area (Å²) in [5, 5.41) is 54.3. The molecule has 10 atom stereocenters. The van der Waals surface area contributed by atoms with E-state index in [1.54, 1.807) is 25.1 Å². The molecule has 32 nitrogen and oxygen atoms in total. The van der Waals surface area contributed by atoms with Gasteiger partial charge in [0.2, 0.25) is 5.91 Å². The van der Waals surface area contributed by atoms with Crippen molar-refractivity contribution in [2.75, 3.05) is 13.7 Å². The normalized spacial score (nSPS) is 24.3. The van der Waals surface area contributed by atoms with Crippen molar-refractivity contribution >= 4 is 127 Å². The third-order valence-corrected chi connectivity index (χ3v) is 20.1. The maximum atomic E-state index is 15.1. The maximum absolute atomic E-state index is 15.1. The number of nitrogens with zero attached hydrogens (tertiary/aromatic N) is 6. The largest absolute Gasteiger partial charge is 0.506 e. The predicted octanol–water partition coefficient (Wildman–Crippen LogP) is 2.59. The molecule has 0 saturated carbocycles. The monoisotopic (exact) mass is 1390 g/mol. The summed E-state index contributed by atoms with van der Waals surface area (Å²) in [7, 11) is 1.30. The summed E-state index contributed by atoms with van der Waals surface area (Å²) < 4.78 is 37.2. The number of aromatic amines is 1. The number of hydrogen-bond donors (Lipinski definition) is 11. The molecule has 1 saturated heterocycles. The zero-order valence-corrected chi connectivity index (χ0v) is 54.1. The summed E-state index contributed by atoms with van der Waals surface area (Å²) in [6.07, 6.45) is -7.66. The van der Waals surface area contributed by atoms with Gasteiger partial charge in [-0.15, -0.1) is 56.7 Å². The number of hydrogen-bond acceptors (Lipinski definition) is 30. The van der Waals surface area contributed by atoms with E-state index in [-0.39, 0.29) is 99.6 Å². The lowest BCUT2D eigenvalue weighted by Gasteiger charge is -2.44. The lowest BCUT2D eigenvalue weighted by Crippen LogP contribution is -2.61. The summed E-state index contributed by atoms with van der Waals surface area (Å²) in [6, 6.07) is 0.720. The van der Waals surface area contributed by atoms with Crippen LogP contribution in [-0.2, 0) is 60.8 Å². The summed E-state index contributed by atoms with van der Waals surface area (Å²) >= 11 is 4.41. The van der Waals surface area contributed by atoms with Crippen molar-refractivity contribution in [1.82, 2.24) is 61.5 Å². The van der Waals surface area contributed by atoms with Gasteiger partial charge in [0.25, 0.3) is 23.6 Å². The van der Waals surface area contributed by atoms with Crippen molar-refractivity contribution < 1.29 is 86.9 Å². The molecule has 0 spiro atoms. The number of aromatic nitrogens is 7. The van der Waals surface area contributed by atoms with Gasteiger partial charge in [-0.3, -0.25) is 38.9 Å². The average molecular weight is 1400 g/mol. The number of fused-ring (bicyclic) bond motifs is 15. The van der Waals surface area contributed by atoms with Crippen molar-refractivity contribution in [3.05, 3.63) is 112 Å². The third-order valence-electron chi connectivity index (χ3n) is 15.7. The van der Waals surface area contributed by atoms with E-state index in [9.17, 15) is 53.7 Å². The summed E-state index contributed by atoms with van der Waals surface area (Å²) in [6.45, 7) is 4.29. The van der Waals surface area contributed by atoms with Crippen LogP contribution in [-0.4, -0.2) is 166 Å². The van der Waals surface area contributed by atoms with E-state index < -0.39 is 139 Å². The number of carbonyl (C=O) groups excluding carboxylic acids is 9. The Morgan fingerprint density at radius 2 is 1.49 bits per heavy atom. The topological polar surface area (TPSA) is 475 Å². The van der Waals surface area contributed by atoms with E-state index in [1.807, 2.05) is 5.32 Å². The Bertz CT molecular complexity index is 4490. The molecule has 0 radical (unpaired) electrons. The Balaban J connectivity index is 1.03. The first-order valence-corrected chi connectivity index (χ1v) is 32.9. The van der Waals surface area contributed by atoms with Crippen molar-refractivity contribution in [1.29, 1.82) is 0 Å². The van der Waals surface area contributed by atoms with Gasteiger partial charge in [-0.2, -0.15) is 0 Å². The van der Waals surface area contributed by atoms with E-state index in [4.69, 9.17) is 54.8 Å². The van der Waals surface area contributed by atoms with Gasteiger partial charge in [0, 0.05) is 55.4 Å². The highest BCUT2D eigenvalue weighted by Gasteiger charge is 2.48. The Morgan fingerprint density at radius 1 is 0.821 bits per heavy atom. The van der Waals surface area contributed by atoms with Gasteiger partial charge in [0.05, 0.1) is 37.6 Å². The number of imide groups is 1. The fourth-order valence-electron chi connectivity index (χ4n) is 10.6. The Labute approximate surface area is 554 Å². The Morgan fingerprint density at radius 3 is 2.23 bits per heavy atom. The first-order valence-electron chi connectivity index (χ1n) is 28.6. The molecule has 494 valence electrons. The summed E-state index contributed by atoms with van der Waals surface area (Å²) in [4.78, 5) is 156. The van der Waals surface area contributed by atoms with Gasteiger partial charge < -0.3 is 81.5 Å². The Kier molecular flexibility index (Phi) is 18.3. The van der Waals surface area contributed by atoms with Crippen LogP contribution in [0.1, 0.15) is 125 Å². The highest BCUT2D eigenvalue weighted by molar-refractivity contribution is 7.14. The van der Waals surface area contributed by atoms with Gasteiger partial charge in [-0.25, -0.2) is 39.5 Å². The van der Waals surface area contributed by atoms with Gasteiger partial charge in [-0.05, 0) is 45.4 Å². The molecular formula is C58H54N14O18S5. The number of cyclic esters (lactones) is 2. The number of nitrogens with one attached hydrogen (secondary N) is 6. The quantitative estimate of drug-likeness (QED) is 0.0647. The fraction of sp³-hybridized carbons (Fsp3) is 0.328. The molecule has 4 aliphatic rings. The average Bonchev–Trinajstić information content (AvgIpc) is 1.39. The number of aromatic hydroxyl groups is 1. The number of esters is 2. The molecule has 7 amide bonds. The van der Waals surface area contributed by atoms with Crippen LogP contribution in [0, 0.1) is 0 Å². The van der Waals surface area contributed by atoms with E-state index >= 15 is 4.79 Å². The van der Waals surface area contributed by atoms with Crippen LogP contribution in [0.15, 0.2) is 56.9 Å². The van der Waals surface area contributed by atoms with Crippen LogP contribution in [0.5, 0.6) is 5.75 Å².